The van der Waals surface area contributed by atoms with Crippen molar-refractivity contribution in [2.45, 2.75) is 90.3 Å². The van der Waals surface area contributed by atoms with Crippen LogP contribution in [-0.2, 0) is 25.5 Å². The number of carbonyl (C=O) groups is 5. The third-order valence-corrected chi connectivity index (χ3v) is 10.6. The van der Waals surface area contributed by atoms with Crippen LogP contribution in [0.25, 0.3) is 22.0 Å². The number of aromatic nitrogens is 2. The molecule has 2 fully saturated rings. The molecule has 14 heteroatoms. The topological polar surface area (TPSA) is 183 Å². The number of hydrogen-bond acceptors (Lipinski definition) is 7. The SMILES string of the molecule is Cc1cc(C(=O)NC2CCCNC2=O)ccc1-c1ccc(CC(NC(=O)C2CCC(CNC(=O)OC(C)(C)C)CC2)C(=O)Nc2ccc3c(Cl)[nH]nc3c2)cc1. The van der Waals surface area contributed by atoms with E-state index in [2.05, 4.69) is 36.8 Å². The molecule has 1 aromatic heterocycles. The number of amides is 5. The molecule has 0 bridgehead atoms. The van der Waals surface area contributed by atoms with Crippen LogP contribution in [0.2, 0.25) is 5.15 Å². The molecule has 2 heterocycles. The number of alkyl carbamates (subject to hydrolysis) is 1. The molecule has 2 unspecified atom stereocenters. The predicted molar refractivity (Wildman–Crippen MR) is 215 cm³/mol. The first-order chi connectivity index (χ1) is 26.7. The van der Waals surface area contributed by atoms with Gasteiger partial charge in [0.2, 0.25) is 17.7 Å². The van der Waals surface area contributed by atoms with E-state index in [1.165, 1.54) is 0 Å². The number of nitrogens with one attached hydrogen (secondary N) is 6. The van der Waals surface area contributed by atoms with Crippen molar-refractivity contribution in [3.8, 4) is 11.1 Å². The Labute approximate surface area is 331 Å². The first kappa shape index (κ1) is 40.2. The second-order valence-electron chi connectivity index (χ2n) is 15.8. The summed E-state index contributed by atoms with van der Waals surface area (Å²) in [5.74, 6) is -1.03. The Balaban J connectivity index is 1.11. The lowest BCUT2D eigenvalue weighted by Gasteiger charge is -2.29. The summed E-state index contributed by atoms with van der Waals surface area (Å²) >= 11 is 6.18. The molecule has 6 N–H and O–H groups in total. The van der Waals surface area contributed by atoms with Crippen molar-refractivity contribution in [3.05, 3.63) is 82.5 Å². The van der Waals surface area contributed by atoms with E-state index in [4.69, 9.17) is 16.3 Å². The maximum Gasteiger partial charge on any atom is 0.407 e. The number of aromatic amines is 1. The lowest BCUT2D eigenvalue weighted by molar-refractivity contribution is -0.130. The number of ether oxygens (including phenoxy) is 1. The minimum absolute atomic E-state index is 0.160. The summed E-state index contributed by atoms with van der Waals surface area (Å²) in [5, 5.41) is 22.5. The van der Waals surface area contributed by atoms with Crippen molar-refractivity contribution < 1.29 is 28.7 Å². The van der Waals surface area contributed by atoms with Gasteiger partial charge in [-0.1, -0.05) is 41.9 Å². The van der Waals surface area contributed by atoms with Crippen LogP contribution >= 0.6 is 11.6 Å². The van der Waals surface area contributed by atoms with Gasteiger partial charge < -0.3 is 31.3 Å². The van der Waals surface area contributed by atoms with E-state index in [9.17, 15) is 24.0 Å². The molecular weight excluding hydrogens is 734 g/mol. The van der Waals surface area contributed by atoms with Gasteiger partial charge in [-0.3, -0.25) is 24.3 Å². The van der Waals surface area contributed by atoms with Crippen LogP contribution in [0.5, 0.6) is 0 Å². The molecule has 1 aliphatic heterocycles. The second kappa shape index (κ2) is 17.6. The van der Waals surface area contributed by atoms with E-state index in [1.54, 1.807) is 24.3 Å². The molecule has 3 aromatic carbocycles. The largest absolute Gasteiger partial charge is 0.444 e. The summed E-state index contributed by atoms with van der Waals surface area (Å²) in [6.45, 7) is 8.50. The number of nitrogens with zero attached hydrogens (tertiary/aromatic N) is 1. The predicted octanol–water partition coefficient (Wildman–Crippen LogP) is 6.20. The summed E-state index contributed by atoms with van der Waals surface area (Å²) in [5.41, 5.74) is 4.64. The molecular formula is C42H50ClN7O6. The normalized spacial score (nSPS) is 19.0. The highest BCUT2D eigenvalue weighted by Gasteiger charge is 2.31. The number of rotatable bonds is 11. The highest BCUT2D eigenvalue weighted by atomic mass is 35.5. The molecule has 0 radical (unpaired) electrons. The molecule has 5 amide bonds. The Morgan fingerprint density at radius 3 is 2.41 bits per heavy atom. The van der Waals surface area contributed by atoms with Gasteiger partial charge in [0.05, 0.1) is 5.52 Å². The van der Waals surface area contributed by atoms with Crippen LogP contribution in [-0.4, -0.2) is 70.7 Å². The Hall–Kier alpha value is -5.43. The van der Waals surface area contributed by atoms with Crippen LogP contribution in [0.15, 0.2) is 60.7 Å². The molecule has 1 saturated heterocycles. The molecule has 0 spiro atoms. The molecule has 1 aliphatic carbocycles. The molecule has 2 aliphatic rings. The van der Waals surface area contributed by atoms with Gasteiger partial charge >= 0.3 is 6.09 Å². The van der Waals surface area contributed by atoms with Gasteiger partial charge in [0.15, 0.2) is 0 Å². The Kier molecular flexibility index (Phi) is 12.6. The first-order valence-electron chi connectivity index (χ1n) is 19.2. The zero-order valence-corrected chi connectivity index (χ0v) is 33.0. The monoisotopic (exact) mass is 783 g/mol. The number of carbonyl (C=O) groups excluding carboxylic acids is 5. The van der Waals surface area contributed by atoms with Gasteiger partial charge in [-0.15, -0.1) is 0 Å². The molecule has 56 heavy (non-hydrogen) atoms. The lowest BCUT2D eigenvalue weighted by Crippen LogP contribution is -2.50. The van der Waals surface area contributed by atoms with E-state index in [1.807, 2.05) is 64.1 Å². The van der Waals surface area contributed by atoms with Gasteiger partial charge in [0.25, 0.3) is 5.91 Å². The summed E-state index contributed by atoms with van der Waals surface area (Å²) in [7, 11) is 0. The van der Waals surface area contributed by atoms with E-state index in [0.29, 0.717) is 54.3 Å². The fourth-order valence-corrected chi connectivity index (χ4v) is 7.49. The lowest BCUT2D eigenvalue weighted by atomic mass is 9.81. The Bertz CT molecular complexity index is 2090. The molecule has 6 rings (SSSR count). The van der Waals surface area contributed by atoms with E-state index < -0.39 is 23.8 Å². The highest BCUT2D eigenvalue weighted by molar-refractivity contribution is 6.34. The molecule has 1 saturated carbocycles. The zero-order valence-electron chi connectivity index (χ0n) is 32.2. The van der Waals surface area contributed by atoms with Crippen LogP contribution in [0.1, 0.15) is 80.8 Å². The molecule has 13 nitrogen and oxygen atoms in total. The average Bonchev–Trinajstić information content (AvgIpc) is 3.53. The van der Waals surface area contributed by atoms with Crippen molar-refractivity contribution >= 4 is 57.9 Å². The number of fused-ring (bicyclic) bond motifs is 1. The van der Waals surface area contributed by atoms with Gasteiger partial charge in [-0.2, -0.15) is 5.10 Å². The Morgan fingerprint density at radius 1 is 0.964 bits per heavy atom. The minimum atomic E-state index is -0.871. The van der Waals surface area contributed by atoms with E-state index >= 15 is 0 Å². The number of anilines is 1. The van der Waals surface area contributed by atoms with Crippen LogP contribution < -0.4 is 26.6 Å². The van der Waals surface area contributed by atoms with Crippen molar-refractivity contribution in [1.29, 1.82) is 0 Å². The summed E-state index contributed by atoms with van der Waals surface area (Å²) in [6.07, 6.45) is 4.04. The number of benzene rings is 3. The molecule has 4 aromatic rings. The average molecular weight is 784 g/mol. The molecule has 296 valence electrons. The van der Waals surface area contributed by atoms with Gasteiger partial charge in [-0.25, -0.2) is 4.79 Å². The number of halogens is 1. The summed E-state index contributed by atoms with van der Waals surface area (Å²) in [4.78, 5) is 64.7. The third kappa shape index (κ3) is 10.4. The van der Waals surface area contributed by atoms with Gasteiger partial charge in [-0.05, 0) is 125 Å². The number of aryl methyl sites for hydroxylation is 1. The summed E-state index contributed by atoms with van der Waals surface area (Å²) in [6, 6.07) is 17.1. The van der Waals surface area contributed by atoms with Gasteiger partial charge in [0, 0.05) is 42.1 Å². The van der Waals surface area contributed by atoms with Crippen LogP contribution in [0, 0.1) is 18.8 Å². The van der Waals surface area contributed by atoms with Crippen molar-refractivity contribution in [1.82, 2.24) is 31.5 Å². The molecule has 2 atom stereocenters. The van der Waals surface area contributed by atoms with E-state index in [0.717, 1.165) is 46.9 Å². The number of H-pyrrole nitrogens is 1. The van der Waals surface area contributed by atoms with Crippen LogP contribution in [0.4, 0.5) is 10.5 Å². The fraction of sp³-hybridized carbons (Fsp3) is 0.429. The van der Waals surface area contributed by atoms with Gasteiger partial charge in [0.1, 0.15) is 22.8 Å². The zero-order chi connectivity index (χ0) is 40.0. The van der Waals surface area contributed by atoms with E-state index in [-0.39, 0.29) is 41.9 Å². The van der Waals surface area contributed by atoms with Crippen molar-refractivity contribution in [2.24, 2.45) is 11.8 Å². The quantitative estimate of drug-likeness (QED) is 0.105. The fourth-order valence-electron chi connectivity index (χ4n) is 7.29. The third-order valence-electron chi connectivity index (χ3n) is 10.3. The maximum atomic E-state index is 13.9. The van der Waals surface area contributed by atoms with Crippen LogP contribution in [0.3, 0.4) is 0 Å². The maximum absolute atomic E-state index is 13.9. The number of piperidine rings is 1. The standard InChI is InChI=1S/C42H50ClN7O6/c1-24-20-29(38(52)47-33-6-5-19-44-39(33)53)15-17-31(24)27-11-7-25(8-12-27)21-35(40(54)46-30-16-18-32-34(22-30)49-50-36(32)43)48-37(51)28-13-9-26(10-14-28)23-45-41(55)56-42(2,3)4/h7-8,11-12,15-18,20,22,26,28,33,35H,5-6,9-10,13-14,19,21,23H2,1-4H3,(H,44,53)(H,45,55)(H,46,54)(H,47,52)(H,48,51)(H,49,50). The number of hydrogen-bond donors (Lipinski definition) is 6. The van der Waals surface area contributed by atoms with Crippen molar-refractivity contribution in [3.63, 3.8) is 0 Å². The van der Waals surface area contributed by atoms with Crippen molar-refractivity contribution in [2.75, 3.05) is 18.4 Å². The minimum Gasteiger partial charge on any atom is -0.444 e. The first-order valence-corrected chi connectivity index (χ1v) is 19.6. The second-order valence-corrected chi connectivity index (χ2v) is 16.2. The smallest absolute Gasteiger partial charge is 0.407 e. The highest BCUT2D eigenvalue weighted by Crippen LogP contribution is 2.30. The summed E-state index contributed by atoms with van der Waals surface area (Å²) < 4.78 is 5.35. The Morgan fingerprint density at radius 2 is 1.71 bits per heavy atom.